The molecule has 0 spiro atoms. The van der Waals surface area contributed by atoms with Crippen molar-refractivity contribution >= 4 is 34.7 Å². The zero-order valence-electron chi connectivity index (χ0n) is 11.9. The Bertz CT molecular complexity index is 511. The minimum atomic E-state index is -0.514. The van der Waals surface area contributed by atoms with Gasteiger partial charge in [0.25, 0.3) is 0 Å². The van der Waals surface area contributed by atoms with E-state index in [9.17, 15) is 9.59 Å². The van der Waals surface area contributed by atoms with Crippen LogP contribution >= 0.6 is 22.9 Å². The second-order valence-corrected chi connectivity index (χ2v) is 6.43. The molecule has 1 saturated heterocycles. The molecule has 0 unspecified atom stereocenters. The van der Waals surface area contributed by atoms with Crippen LogP contribution in [0.4, 0.5) is 0 Å². The molecule has 0 amide bonds. The predicted molar refractivity (Wildman–Crippen MR) is 81.0 cm³/mol. The fraction of sp³-hybridized carbons (Fsp3) is 0.571. The van der Waals surface area contributed by atoms with E-state index in [1.165, 1.54) is 11.3 Å². The van der Waals surface area contributed by atoms with Gasteiger partial charge in [0, 0.05) is 30.1 Å². The van der Waals surface area contributed by atoms with Crippen molar-refractivity contribution in [2.24, 2.45) is 0 Å². The predicted octanol–water partition coefficient (Wildman–Crippen LogP) is 2.37. The highest BCUT2D eigenvalue weighted by Crippen LogP contribution is 2.29. The molecule has 21 heavy (non-hydrogen) atoms. The number of hydrogen-bond donors (Lipinski definition) is 0. The summed E-state index contributed by atoms with van der Waals surface area (Å²) in [4.78, 5) is 26.7. The van der Waals surface area contributed by atoms with Crippen LogP contribution in [0.15, 0.2) is 6.07 Å². The first-order valence-electron chi connectivity index (χ1n) is 6.87. The third-order valence-electron chi connectivity index (χ3n) is 3.13. The number of rotatable bonds is 6. The summed E-state index contributed by atoms with van der Waals surface area (Å²) in [5.41, 5.74) is 0.415. The number of esters is 1. The molecule has 0 atom stereocenters. The van der Waals surface area contributed by atoms with E-state index in [2.05, 4.69) is 4.90 Å². The molecule has 1 aromatic heterocycles. The Morgan fingerprint density at radius 1 is 1.43 bits per heavy atom. The lowest BCUT2D eigenvalue weighted by Crippen LogP contribution is -2.35. The molecule has 1 fully saturated rings. The lowest BCUT2D eigenvalue weighted by Gasteiger charge is -2.25. The number of ether oxygens (including phenoxy) is 2. The summed E-state index contributed by atoms with van der Waals surface area (Å²) < 4.78 is 10.5. The van der Waals surface area contributed by atoms with Crippen LogP contribution in [-0.2, 0) is 20.8 Å². The number of morpholine rings is 1. The molecule has 2 rings (SSSR count). The van der Waals surface area contributed by atoms with Crippen molar-refractivity contribution in [3.63, 3.8) is 0 Å². The Morgan fingerprint density at radius 3 is 2.81 bits per heavy atom. The van der Waals surface area contributed by atoms with Gasteiger partial charge in [0.05, 0.1) is 19.8 Å². The largest absolute Gasteiger partial charge is 0.466 e. The third-order valence-corrected chi connectivity index (χ3v) is 4.47. The number of halogens is 1. The van der Waals surface area contributed by atoms with Gasteiger partial charge in [-0.1, -0.05) is 11.6 Å². The lowest BCUT2D eigenvalue weighted by molar-refractivity contribution is -0.141. The summed E-state index contributed by atoms with van der Waals surface area (Å²) in [5, 5.41) is 0. The maximum Gasteiger partial charge on any atom is 0.313 e. The number of thiophene rings is 1. The molecule has 0 radical (unpaired) electrons. The first-order valence-corrected chi connectivity index (χ1v) is 8.06. The van der Waals surface area contributed by atoms with E-state index in [-0.39, 0.29) is 18.8 Å². The van der Waals surface area contributed by atoms with E-state index in [4.69, 9.17) is 21.1 Å². The minimum Gasteiger partial charge on any atom is -0.466 e. The standard InChI is InChI=1S/C14H18ClNO4S/c1-2-20-13(18)8-12(17)11-7-10(21-14(11)15)9-16-3-5-19-6-4-16/h7H,2-6,8-9H2,1H3. The Kier molecular flexibility index (Phi) is 6.17. The molecule has 7 heteroatoms. The van der Waals surface area contributed by atoms with Crippen molar-refractivity contribution in [1.82, 2.24) is 4.90 Å². The van der Waals surface area contributed by atoms with E-state index in [0.717, 1.165) is 37.7 Å². The molecular weight excluding hydrogens is 314 g/mol. The molecule has 1 aromatic rings. The molecule has 1 aliphatic rings. The molecule has 0 N–H and O–H groups in total. The Balaban J connectivity index is 1.97. The molecule has 0 saturated carbocycles. The Morgan fingerprint density at radius 2 is 2.14 bits per heavy atom. The van der Waals surface area contributed by atoms with Gasteiger partial charge in [0.1, 0.15) is 10.8 Å². The Hall–Kier alpha value is -0.950. The maximum atomic E-state index is 12.0. The fourth-order valence-electron chi connectivity index (χ4n) is 2.10. The van der Waals surface area contributed by atoms with Gasteiger partial charge >= 0.3 is 5.97 Å². The zero-order valence-corrected chi connectivity index (χ0v) is 13.5. The first kappa shape index (κ1) is 16.4. The molecule has 2 heterocycles. The summed E-state index contributed by atoms with van der Waals surface area (Å²) in [6.07, 6.45) is -0.263. The van der Waals surface area contributed by atoms with E-state index in [0.29, 0.717) is 9.90 Å². The van der Waals surface area contributed by atoms with Crippen LogP contribution in [0.25, 0.3) is 0 Å². The van der Waals surface area contributed by atoms with E-state index >= 15 is 0 Å². The van der Waals surface area contributed by atoms with Crippen LogP contribution in [0.1, 0.15) is 28.6 Å². The van der Waals surface area contributed by atoms with Gasteiger partial charge < -0.3 is 9.47 Å². The van der Waals surface area contributed by atoms with Crippen molar-refractivity contribution in [1.29, 1.82) is 0 Å². The second kappa shape index (κ2) is 7.89. The van der Waals surface area contributed by atoms with Gasteiger partial charge in [-0.25, -0.2) is 0 Å². The van der Waals surface area contributed by atoms with E-state index in [1.54, 1.807) is 13.0 Å². The van der Waals surface area contributed by atoms with Crippen LogP contribution < -0.4 is 0 Å². The second-order valence-electron chi connectivity index (χ2n) is 4.69. The number of carbonyl (C=O) groups excluding carboxylic acids is 2. The van der Waals surface area contributed by atoms with Crippen molar-refractivity contribution in [3.8, 4) is 0 Å². The number of carbonyl (C=O) groups is 2. The van der Waals surface area contributed by atoms with Gasteiger partial charge in [0.15, 0.2) is 5.78 Å². The van der Waals surface area contributed by atoms with Gasteiger partial charge in [-0.2, -0.15) is 0 Å². The number of ketones is 1. The summed E-state index contributed by atoms with van der Waals surface area (Å²) >= 11 is 7.51. The summed E-state index contributed by atoms with van der Waals surface area (Å²) in [6, 6.07) is 1.78. The molecule has 0 bridgehead atoms. The Labute approximate surface area is 132 Å². The molecule has 0 aromatic carbocycles. The first-order chi connectivity index (χ1) is 10.1. The SMILES string of the molecule is CCOC(=O)CC(=O)c1cc(CN2CCOCC2)sc1Cl. The lowest BCUT2D eigenvalue weighted by atomic mass is 10.1. The average molecular weight is 332 g/mol. The number of nitrogens with zero attached hydrogens (tertiary/aromatic N) is 1. The average Bonchev–Trinajstić information content (AvgIpc) is 2.81. The monoisotopic (exact) mass is 331 g/mol. The summed E-state index contributed by atoms with van der Waals surface area (Å²) in [7, 11) is 0. The van der Waals surface area contributed by atoms with Gasteiger partial charge in [-0.3, -0.25) is 14.5 Å². The van der Waals surface area contributed by atoms with Crippen LogP contribution in [0.2, 0.25) is 4.34 Å². The smallest absolute Gasteiger partial charge is 0.313 e. The molecule has 116 valence electrons. The van der Waals surface area contributed by atoms with Crippen molar-refractivity contribution in [2.45, 2.75) is 19.9 Å². The molecular formula is C14H18ClNO4S. The number of hydrogen-bond acceptors (Lipinski definition) is 6. The van der Waals surface area contributed by atoms with Gasteiger partial charge in [-0.15, -0.1) is 11.3 Å². The maximum absolute atomic E-state index is 12.0. The van der Waals surface area contributed by atoms with Crippen LogP contribution in [0, 0.1) is 0 Å². The molecule has 1 aliphatic heterocycles. The molecule has 5 nitrogen and oxygen atoms in total. The van der Waals surface area contributed by atoms with Crippen LogP contribution in [0.3, 0.4) is 0 Å². The highest BCUT2D eigenvalue weighted by molar-refractivity contribution is 7.16. The van der Waals surface area contributed by atoms with Crippen molar-refractivity contribution < 1.29 is 19.1 Å². The summed E-state index contributed by atoms with van der Waals surface area (Å²) in [6.45, 7) is 5.94. The normalized spacial score (nSPS) is 15.9. The zero-order chi connectivity index (χ0) is 15.2. The van der Waals surface area contributed by atoms with Crippen LogP contribution in [-0.4, -0.2) is 49.6 Å². The molecule has 0 aliphatic carbocycles. The van der Waals surface area contributed by atoms with Crippen molar-refractivity contribution in [2.75, 3.05) is 32.9 Å². The van der Waals surface area contributed by atoms with Crippen LogP contribution in [0.5, 0.6) is 0 Å². The minimum absolute atomic E-state index is 0.263. The third kappa shape index (κ3) is 4.78. The summed E-state index contributed by atoms with van der Waals surface area (Å²) in [5.74, 6) is -0.803. The fourth-order valence-corrected chi connectivity index (χ4v) is 3.50. The van der Waals surface area contributed by atoms with Crippen molar-refractivity contribution in [3.05, 3.63) is 20.8 Å². The highest BCUT2D eigenvalue weighted by atomic mass is 35.5. The number of Topliss-reactive ketones (excluding diaryl/α,β-unsaturated/α-hetero) is 1. The van der Waals surface area contributed by atoms with Gasteiger partial charge in [-0.05, 0) is 13.0 Å². The highest BCUT2D eigenvalue weighted by Gasteiger charge is 2.20. The quantitative estimate of drug-likeness (QED) is 0.455. The van der Waals surface area contributed by atoms with Gasteiger partial charge in [0.2, 0.25) is 0 Å². The topological polar surface area (TPSA) is 55.8 Å². The van der Waals surface area contributed by atoms with E-state index in [1.807, 2.05) is 0 Å². The van der Waals surface area contributed by atoms with E-state index < -0.39 is 5.97 Å².